The van der Waals surface area contributed by atoms with Crippen LogP contribution in [0.15, 0.2) is 77.6 Å². The molecule has 1 aromatic heterocycles. The first-order chi connectivity index (χ1) is 19.2. The Hall–Kier alpha value is -4.63. The van der Waals surface area contributed by atoms with Crippen LogP contribution in [0.5, 0.6) is 0 Å². The molecule has 40 heavy (non-hydrogen) atoms. The molecule has 1 heterocycles. The second-order valence-electron chi connectivity index (χ2n) is 9.65. The topological polar surface area (TPSA) is 108 Å². The quantitative estimate of drug-likeness (QED) is 0.113. The zero-order chi connectivity index (χ0) is 28.8. The number of methoxy groups -OCH3 is 1. The van der Waals surface area contributed by atoms with Gasteiger partial charge < -0.3 is 9.64 Å². The zero-order valence-corrected chi connectivity index (χ0v) is 23.0. The first-order valence-corrected chi connectivity index (χ1v) is 13.0. The Morgan fingerprint density at radius 1 is 1.12 bits per heavy atom. The first kappa shape index (κ1) is 28.4. The summed E-state index contributed by atoms with van der Waals surface area (Å²) >= 11 is 0. The number of rotatable bonds is 10. The molecule has 0 radical (unpaired) electrons. The monoisotopic (exact) mass is 540 g/mol. The van der Waals surface area contributed by atoms with Crippen LogP contribution >= 0.6 is 0 Å². The Balaban J connectivity index is 1.79. The third kappa shape index (κ3) is 6.16. The van der Waals surface area contributed by atoms with Gasteiger partial charge in [-0.1, -0.05) is 29.8 Å². The second-order valence-corrected chi connectivity index (χ2v) is 9.65. The lowest BCUT2D eigenvalue weighted by atomic mass is 10.1. The molecule has 0 spiro atoms. The lowest BCUT2D eigenvalue weighted by Crippen LogP contribution is -2.37. The minimum atomic E-state index is -0.566. The van der Waals surface area contributed by atoms with E-state index >= 15 is 0 Å². The largest absolute Gasteiger partial charge is 0.385 e. The highest BCUT2D eigenvalue weighted by Crippen LogP contribution is 2.25. The van der Waals surface area contributed by atoms with E-state index in [1.807, 2.05) is 51.1 Å². The standard InChI is InChI=1S/C31H32N4O5/c1-21-10-16-28(22(2)20-21)34-30(32-27-9-6-5-8-26(27)31(34)37)23(3)33(18-7-19-40-4)29(36)17-13-24-11-14-25(15-12-24)35(38)39/h5-6,8-17,20,23H,7,18-19H2,1-4H3/b17-13+. The number of carbonyl (C=O) groups is 1. The number of hydrogen-bond acceptors (Lipinski definition) is 6. The van der Waals surface area contributed by atoms with Crippen LogP contribution in [0.3, 0.4) is 0 Å². The minimum absolute atomic E-state index is 0.0231. The van der Waals surface area contributed by atoms with Gasteiger partial charge in [-0.05, 0) is 74.7 Å². The molecule has 0 fully saturated rings. The molecule has 0 N–H and O–H groups in total. The SMILES string of the molecule is COCCCN(C(=O)/C=C/c1ccc([N+](=O)[O-])cc1)C(C)c1nc2ccccc2c(=O)n1-c1ccc(C)cc1C. The molecule has 1 unspecified atom stereocenters. The minimum Gasteiger partial charge on any atom is -0.385 e. The number of benzene rings is 3. The summed E-state index contributed by atoms with van der Waals surface area (Å²) in [5.41, 5.74) is 3.69. The van der Waals surface area contributed by atoms with Crippen molar-refractivity contribution in [2.75, 3.05) is 20.3 Å². The van der Waals surface area contributed by atoms with Crippen LogP contribution in [0, 0.1) is 24.0 Å². The van der Waals surface area contributed by atoms with Crippen LogP contribution in [0.4, 0.5) is 5.69 Å². The van der Waals surface area contributed by atoms with Gasteiger partial charge in [0.25, 0.3) is 11.2 Å². The zero-order valence-electron chi connectivity index (χ0n) is 23.0. The van der Waals surface area contributed by atoms with Crippen LogP contribution in [0.1, 0.15) is 41.9 Å². The van der Waals surface area contributed by atoms with Crippen molar-refractivity contribution >= 4 is 28.6 Å². The Kier molecular flexibility index (Phi) is 8.86. The van der Waals surface area contributed by atoms with Gasteiger partial charge in [-0.2, -0.15) is 0 Å². The van der Waals surface area contributed by atoms with Crippen molar-refractivity contribution in [1.29, 1.82) is 0 Å². The van der Waals surface area contributed by atoms with E-state index in [1.165, 1.54) is 18.2 Å². The van der Waals surface area contributed by atoms with Crippen LogP contribution in [-0.2, 0) is 9.53 Å². The fourth-order valence-electron chi connectivity index (χ4n) is 4.70. The number of fused-ring (bicyclic) bond motifs is 1. The molecule has 3 aromatic carbocycles. The number of para-hydroxylation sites is 1. The third-order valence-corrected chi connectivity index (χ3v) is 6.79. The molecule has 0 aliphatic rings. The van der Waals surface area contributed by atoms with Gasteiger partial charge in [0, 0.05) is 38.5 Å². The van der Waals surface area contributed by atoms with E-state index in [9.17, 15) is 19.7 Å². The van der Waals surface area contributed by atoms with Crippen molar-refractivity contribution < 1.29 is 14.5 Å². The molecule has 4 rings (SSSR count). The highest BCUT2D eigenvalue weighted by Gasteiger charge is 2.26. The number of aromatic nitrogens is 2. The van der Waals surface area contributed by atoms with E-state index in [2.05, 4.69) is 0 Å². The molecule has 9 nitrogen and oxygen atoms in total. The van der Waals surface area contributed by atoms with E-state index in [0.29, 0.717) is 47.6 Å². The molecular weight excluding hydrogens is 508 g/mol. The van der Waals surface area contributed by atoms with E-state index in [4.69, 9.17) is 9.72 Å². The van der Waals surface area contributed by atoms with E-state index in [0.717, 1.165) is 11.1 Å². The van der Waals surface area contributed by atoms with Crippen molar-refractivity contribution in [3.8, 4) is 5.69 Å². The molecular formula is C31H32N4O5. The molecule has 206 valence electrons. The fourth-order valence-corrected chi connectivity index (χ4v) is 4.70. The smallest absolute Gasteiger partial charge is 0.269 e. The summed E-state index contributed by atoms with van der Waals surface area (Å²) < 4.78 is 6.84. The van der Waals surface area contributed by atoms with Gasteiger partial charge >= 0.3 is 0 Å². The normalized spacial score (nSPS) is 12.1. The van der Waals surface area contributed by atoms with Crippen molar-refractivity contribution in [3.05, 3.63) is 116 Å². The highest BCUT2D eigenvalue weighted by molar-refractivity contribution is 5.92. The number of ether oxygens (including phenoxy) is 1. The summed E-state index contributed by atoms with van der Waals surface area (Å²) in [5, 5.41) is 11.5. The van der Waals surface area contributed by atoms with Gasteiger partial charge in [0.15, 0.2) is 0 Å². The number of carbonyl (C=O) groups excluding carboxylic acids is 1. The summed E-state index contributed by atoms with van der Waals surface area (Å²) in [6.07, 6.45) is 3.64. The van der Waals surface area contributed by atoms with Crippen molar-refractivity contribution in [2.24, 2.45) is 0 Å². The molecule has 0 aliphatic heterocycles. The van der Waals surface area contributed by atoms with Crippen LogP contribution in [0.2, 0.25) is 0 Å². The van der Waals surface area contributed by atoms with Gasteiger partial charge in [-0.15, -0.1) is 0 Å². The summed E-state index contributed by atoms with van der Waals surface area (Å²) in [5.74, 6) is 0.168. The third-order valence-electron chi connectivity index (χ3n) is 6.79. The van der Waals surface area contributed by atoms with Gasteiger partial charge in [0.2, 0.25) is 5.91 Å². The van der Waals surface area contributed by atoms with Crippen LogP contribution in [0.25, 0.3) is 22.7 Å². The maximum atomic E-state index is 13.9. The molecule has 4 aromatic rings. The predicted molar refractivity (Wildman–Crippen MR) is 156 cm³/mol. The number of nitrogens with zero attached hydrogens (tertiary/aromatic N) is 4. The highest BCUT2D eigenvalue weighted by atomic mass is 16.6. The predicted octanol–water partition coefficient (Wildman–Crippen LogP) is 5.55. The molecule has 0 aliphatic carbocycles. The van der Waals surface area contributed by atoms with Crippen LogP contribution < -0.4 is 5.56 Å². The number of non-ortho nitro benzene ring substituents is 1. The Morgan fingerprint density at radius 2 is 1.85 bits per heavy atom. The molecule has 0 bridgehead atoms. The Morgan fingerprint density at radius 3 is 2.52 bits per heavy atom. The number of hydrogen-bond donors (Lipinski definition) is 0. The fraction of sp³-hybridized carbons (Fsp3) is 0.258. The molecule has 1 atom stereocenters. The van der Waals surface area contributed by atoms with Crippen molar-refractivity contribution in [1.82, 2.24) is 14.5 Å². The van der Waals surface area contributed by atoms with Gasteiger partial charge in [-0.3, -0.25) is 24.3 Å². The lowest BCUT2D eigenvalue weighted by Gasteiger charge is -2.30. The maximum Gasteiger partial charge on any atom is 0.269 e. The number of nitro benzene ring substituents is 1. The van der Waals surface area contributed by atoms with Crippen molar-refractivity contribution in [2.45, 2.75) is 33.2 Å². The maximum absolute atomic E-state index is 13.9. The summed E-state index contributed by atoms with van der Waals surface area (Å²) in [7, 11) is 1.60. The molecule has 0 saturated heterocycles. The van der Waals surface area contributed by atoms with Gasteiger partial charge in [0.1, 0.15) is 5.82 Å². The molecule has 1 amide bonds. The first-order valence-electron chi connectivity index (χ1n) is 13.0. The number of aryl methyl sites for hydroxylation is 2. The average Bonchev–Trinajstić information content (AvgIpc) is 2.94. The van der Waals surface area contributed by atoms with E-state index in [1.54, 1.807) is 46.9 Å². The average molecular weight is 541 g/mol. The summed E-state index contributed by atoms with van der Waals surface area (Å²) in [6.45, 7) is 6.63. The molecule has 9 heteroatoms. The van der Waals surface area contributed by atoms with E-state index in [-0.39, 0.29) is 17.2 Å². The van der Waals surface area contributed by atoms with Crippen molar-refractivity contribution in [3.63, 3.8) is 0 Å². The summed E-state index contributed by atoms with van der Waals surface area (Å²) in [4.78, 5) is 44.5. The van der Waals surface area contributed by atoms with Gasteiger partial charge in [-0.25, -0.2) is 4.98 Å². The van der Waals surface area contributed by atoms with E-state index < -0.39 is 11.0 Å². The summed E-state index contributed by atoms with van der Waals surface area (Å²) in [6, 6.07) is 18.5. The number of nitro groups is 1. The lowest BCUT2D eigenvalue weighted by molar-refractivity contribution is -0.384. The second kappa shape index (κ2) is 12.5. The number of amides is 1. The Labute approximate surface area is 232 Å². The Bertz CT molecular complexity index is 1630. The molecule has 0 saturated carbocycles. The van der Waals surface area contributed by atoms with Gasteiger partial charge in [0.05, 0.1) is 27.6 Å². The van der Waals surface area contributed by atoms with Crippen LogP contribution in [-0.4, -0.2) is 45.5 Å².